The summed E-state index contributed by atoms with van der Waals surface area (Å²) in [6.07, 6.45) is 6.38. The molecule has 5 nitrogen and oxygen atoms in total. The highest BCUT2D eigenvalue weighted by molar-refractivity contribution is 7.11. The number of aryl methyl sites for hydroxylation is 2. The van der Waals surface area contributed by atoms with Crippen molar-refractivity contribution < 1.29 is 4.79 Å². The van der Waals surface area contributed by atoms with Crippen molar-refractivity contribution in [3.8, 4) is 0 Å². The number of carbonyl (C=O) groups is 1. The van der Waals surface area contributed by atoms with Gasteiger partial charge in [-0.25, -0.2) is 4.98 Å². The number of pyridine rings is 1. The van der Waals surface area contributed by atoms with Crippen LogP contribution < -0.4 is 0 Å². The molecule has 0 aliphatic carbocycles. The summed E-state index contributed by atoms with van der Waals surface area (Å²) in [5, 5.41) is 0. The summed E-state index contributed by atoms with van der Waals surface area (Å²) in [5.41, 5.74) is 3.04. The van der Waals surface area contributed by atoms with Crippen molar-refractivity contribution in [3.63, 3.8) is 0 Å². The fourth-order valence-electron chi connectivity index (χ4n) is 3.90. The number of hydrogen-bond donors (Lipinski definition) is 0. The molecule has 3 aromatic rings. The standard InChI is InChI=1S/C22H28N4OS/c1-3-19-7-8-20(28-19)16-24-9-5-10-25(13-12-24)21(27)14-18-15-23-22-17(2)6-4-11-26(18)22/h4,6-8,11,15H,3,5,9-10,12-14,16H2,1-2H3. The van der Waals surface area contributed by atoms with E-state index in [0.29, 0.717) is 6.42 Å². The van der Waals surface area contributed by atoms with Crippen LogP contribution in [0.1, 0.15) is 34.4 Å². The van der Waals surface area contributed by atoms with Crippen LogP contribution in [-0.2, 0) is 24.2 Å². The Labute approximate surface area is 170 Å². The summed E-state index contributed by atoms with van der Waals surface area (Å²) in [6.45, 7) is 8.90. The predicted molar refractivity (Wildman–Crippen MR) is 114 cm³/mol. The maximum absolute atomic E-state index is 12.9. The minimum atomic E-state index is 0.203. The Balaban J connectivity index is 1.37. The number of thiophene rings is 1. The first kappa shape index (κ1) is 19.2. The van der Waals surface area contributed by atoms with Crippen LogP contribution in [0.25, 0.3) is 5.65 Å². The lowest BCUT2D eigenvalue weighted by Gasteiger charge is -2.21. The number of aromatic nitrogens is 2. The number of amides is 1. The van der Waals surface area contributed by atoms with E-state index in [0.717, 1.165) is 62.5 Å². The number of carbonyl (C=O) groups excluding carboxylic acids is 1. The van der Waals surface area contributed by atoms with Gasteiger partial charge in [0.1, 0.15) is 5.65 Å². The zero-order valence-corrected chi connectivity index (χ0v) is 17.5. The fourth-order valence-corrected chi connectivity index (χ4v) is 4.90. The zero-order valence-electron chi connectivity index (χ0n) is 16.7. The van der Waals surface area contributed by atoms with Crippen LogP contribution in [0.4, 0.5) is 0 Å². The number of hydrogen-bond acceptors (Lipinski definition) is 4. The van der Waals surface area contributed by atoms with Gasteiger partial charge < -0.3 is 9.30 Å². The van der Waals surface area contributed by atoms with Gasteiger partial charge in [-0.05, 0) is 43.5 Å². The number of imidazole rings is 1. The van der Waals surface area contributed by atoms with E-state index < -0.39 is 0 Å². The molecule has 1 amide bonds. The molecule has 0 unspecified atom stereocenters. The van der Waals surface area contributed by atoms with Crippen LogP contribution in [0.3, 0.4) is 0 Å². The van der Waals surface area contributed by atoms with Gasteiger partial charge in [-0.3, -0.25) is 9.69 Å². The van der Waals surface area contributed by atoms with Gasteiger partial charge >= 0.3 is 0 Å². The van der Waals surface area contributed by atoms with E-state index in [1.807, 2.05) is 52.1 Å². The summed E-state index contributed by atoms with van der Waals surface area (Å²) in [7, 11) is 0. The summed E-state index contributed by atoms with van der Waals surface area (Å²) in [6, 6.07) is 8.56. The monoisotopic (exact) mass is 396 g/mol. The Bertz CT molecular complexity index is 961. The van der Waals surface area contributed by atoms with E-state index in [-0.39, 0.29) is 5.91 Å². The van der Waals surface area contributed by atoms with Crippen LogP contribution >= 0.6 is 11.3 Å². The van der Waals surface area contributed by atoms with Gasteiger partial charge in [0.15, 0.2) is 0 Å². The van der Waals surface area contributed by atoms with E-state index in [4.69, 9.17) is 0 Å². The Kier molecular flexibility index (Phi) is 5.78. The SMILES string of the molecule is CCc1ccc(CN2CCCN(C(=O)Cc3cnc4c(C)cccn34)CC2)s1. The molecule has 0 spiro atoms. The Hall–Kier alpha value is -2.18. The lowest BCUT2D eigenvalue weighted by molar-refractivity contribution is -0.130. The lowest BCUT2D eigenvalue weighted by atomic mass is 10.2. The summed E-state index contributed by atoms with van der Waals surface area (Å²) < 4.78 is 2.04. The topological polar surface area (TPSA) is 40.8 Å². The molecule has 0 atom stereocenters. The highest BCUT2D eigenvalue weighted by Gasteiger charge is 2.21. The van der Waals surface area contributed by atoms with E-state index in [1.54, 1.807) is 0 Å². The second-order valence-electron chi connectivity index (χ2n) is 7.54. The molecule has 1 saturated heterocycles. The van der Waals surface area contributed by atoms with Crippen molar-refractivity contribution in [1.82, 2.24) is 19.2 Å². The third-order valence-corrected chi connectivity index (χ3v) is 6.74. The highest BCUT2D eigenvalue weighted by Crippen LogP contribution is 2.20. The van der Waals surface area contributed by atoms with E-state index in [2.05, 4.69) is 28.9 Å². The van der Waals surface area contributed by atoms with Gasteiger partial charge in [-0.1, -0.05) is 13.0 Å². The molecule has 0 radical (unpaired) electrons. The molecule has 1 aliphatic heterocycles. The molecule has 0 N–H and O–H groups in total. The molecule has 4 heterocycles. The van der Waals surface area contributed by atoms with Crippen LogP contribution in [-0.4, -0.2) is 51.3 Å². The number of fused-ring (bicyclic) bond motifs is 1. The molecule has 4 rings (SSSR count). The second-order valence-corrected chi connectivity index (χ2v) is 8.80. The summed E-state index contributed by atoms with van der Waals surface area (Å²) in [4.78, 5) is 24.8. The van der Waals surface area contributed by atoms with E-state index in [9.17, 15) is 4.79 Å². The molecule has 0 saturated carbocycles. The molecule has 6 heteroatoms. The molecular formula is C22H28N4OS. The minimum Gasteiger partial charge on any atom is -0.341 e. The largest absolute Gasteiger partial charge is 0.341 e. The van der Waals surface area contributed by atoms with Gasteiger partial charge in [0.25, 0.3) is 0 Å². The Morgan fingerprint density at radius 2 is 2.00 bits per heavy atom. The van der Waals surface area contributed by atoms with Crippen LogP contribution in [0.15, 0.2) is 36.7 Å². The zero-order chi connectivity index (χ0) is 19.5. The van der Waals surface area contributed by atoms with Crippen molar-refractivity contribution in [2.24, 2.45) is 0 Å². The first-order valence-corrected chi connectivity index (χ1v) is 10.9. The molecule has 0 bridgehead atoms. The van der Waals surface area contributed by atoms with Gasteiger partial charge in [0, 0.05) is 54.9 Å². The molecule has 28 heavy (non-hydrogen) atoms. The average molecular weight is 397 g/mol. The normalized spacial score (nSPS) is 15.9. The van der Waals surface area contributed by atoms with Crippen molar-refractivity contribution in [2.75, 3.05) is 26.2 Å². The van der Waals surface area contributed by atoms with Gasteiger partial charge in [0.2, 0.25) is 5.91 Å². The van der Waals surface area contributed by atoms with Crippen molar-refractivity contribution in [1.29, 1.82) is 0 Å². The molecule has 148 valence electrons. The molecule has 0 aromatic carbocycles. The third kappa shape index (κ3) is 4.13. The smallest absolute Gasteiger partial charge is 0.228 e. The first-order chi connectivity index (χ1) is 13.6. The summed E-state index contributed by atoms with van der Waals surface area (Å²) >= 11 is 1.91. The van der Waals surface area contributed by atoms with Crippen molar-refractivity contribution in [2.45, 2.75) is 39.7 Å². The predicted octanol–water partition coefficient (Wildman–Crippen LogP) is 3.54. The fraction of sp³-hybridized carbons (Fsp3) is 0.455. The third-order valence-electron chi connectivity index (χ3n) is 5.53. The van der Waals surface area contributed by atoms with Crippen LogP contribution in [0, 0.1) is 6.92 Å². The maximum Gasteiger partial charge on any atom is 0.228 e. The molecule has 3 aromatic heterocycles. The van der Waals surface area contributed by atoms with Crippen LogP contribution in [0.2, 0.25) is 0 Å². The van der Waals surface area contributed by atoms with E-state index >= 15 is 0 Å². The number of rotatable bonds is 5. The average Bonchev–Trinajstić information content (AvgIpc) is 3.24. The number of nitrogens with zero attached hydrogens (tertiary/aromatic N) is 4. The van der Waals surface area contributed by atoms with Crippen LogP contribution in [0.5, 0.6) is 0 Å². The Morgan fingerprint density at radius 3 is 2.82 bits per heavy atom. The first-order valence-electron chi connectivity index (χ1n) is 10.1. The Morgan fingerprint density at radius 1 is 1.14 bits per heavy atom. The molecule has 1 aliphatic rings. The van der Waals surface area contributed by atoms with Gasteiger partial charge in [0.05, 0.1) is 12.1 Å². The van der Waals surface area contributed by atoms with E-state index in [1.165, 1.54) is 9.75 Å². The highest BCUT2D eigenvalue weighted by atomic mass is 32.1. The second kappa shape index (κ2) is 8.45. The maximum atomic E-state index is 12.9. The van der Waals surface area contributed by atoms with Gasteiger partial charge in [-0.15, -0.1) is 11.3 Å². The molecular weight excluding hydrogens is 368 g/mol. The lowest BCUT2D eigenvalue weighted by Crippen LogP contribution is -2.36. The molecule has 1 fully saturated rings. The summed E-state index contributed by atoms with van der Waals surface area (Å²) in [5.74, 6) is 0.203. The minimum absolute atomic E-state index is 0.203. The quantitative estimate of drug-likeness (QED) is 0.662. The van der Waals surface area contributed by atoms with Gasteiger partial charge in [-0.2, -0.15) is 0 Å². The van der Waals surface area contributed by atoms with Crippen molar-refractivity contribution in [3.05, 3.63) is 57.7 Å². The van der Waals surface area contributed by atoms with Crippen molar-refractivity contribution >= 4 is 22.9 Å².